The number of aryl methyl sites for hydroxylation is 1. The summed E-state index contributed by atoms with van der Waals surface area (Å²) in [5.74, 6) is 0.179. The van der Waals surface area contributed by atoms with Gasteiger partial charge in [0.25, 0.3) is 0 Å². The van der Waals surface area contributed by atoms with Crippen LogP contribution >= 0.6 is 15.9 Å². The standard InChI is InChI=1S/C12H19BrN2O2/c1-3-10-8(5-6-17-10)12(16)11-9(13)7-14-15(11)4-2/h7-8,10,12,16H,3-6H2,1-2H3. The van der Waals surface area contributed by atoms with Crippen molar-refractivity contribution >= 4 is 15.9 Å². The first-order valence-electron chi connectivity index (χ1n) is 6.19. The van der Waals surface area contributed by atoms with Crippen molar-refractivity contribution in [2.75, 3.05) is 6.61 Å². The second-order valence-electron chi connectivity index (χ2n) is 4.41. The SMILES string of the molecule is CCC1OCCC1C(O)c1c(Br)cnn1CC. The molecule has 0 aliphatic carbocycles. The molecule has 1 aromatic heterocycles. The molecule has 3 atom stereocenters. The minimum atomic E-state index is -0.501. The molecule has 1 aliphatic heterocycles. The Morgan fingerprint density at radius 1 is 1.65 bits per heavy atom. The van der Waals surface area contributed by atoms with Crippen molar-refractivity contribution in [1.82, 2.24) is 9.78 Å². The molecule has 0 aromatic carbocycles. The van der Waals surface area contributed by atoms with Gasteiger partial charge in [0.15, 0.2) is 0 Å². The first-order valence-corrected chi connectivity index (χ1v) is 6.99. The summed E-state index contributed by atoms with van der Waals surface area (Å²) in [7, 11) is 0. The smallest absolute Gasteiger partial charge is 0.102 e. The highest BCUT2D eigenvalue weighted by Crippen LogP contribution is 2.37. The summed E-state index contributed by atoms with van der Waals surface area (Å²) in [4.78, 5) is 0. The van der Waals surface area contributed by atoms with Crippen molar-refractivity contribution in [3.05, 3.63) is 16.4 Å². The molecule has 1 saturated heterocycles. The second-order valence-corrected chi connectivity index (χ2v) is 5.26. The number of aromatic nitrogens is 2. The van der Waals surface area contributed by atoms with Gasteiger partial charge in [0.2, 0.25) is 0 Å². The van der Waals surface area contributed by atoms with Crippen LogP contribution in [0.3, 0.4) is 0 Å². The number of hydrogen-bond acceptors (Lipinski definition) is 3. The molecule has 0 radical (unpaired) electrons. The first kappa shape index (κ1) is 13.1. The minimum Gasteiger partial charge on any atom is -0.386 e. The number of hydrogen-bond donors (Lipinski definition) is 1. The van der Waals surface area contributed by atoms with E-state index >= 15 is 0 Å². The van der Waals surface area contributed by atoms with Crippen molar-refractivity contribution in [2.24, 2.45) is 5.92 Å². The minimum absolute atomic E-state index is 0.164. The fourth-order valence-corrected chi connectivity index (χ4v) is 3.10. The van der Waals surface area contributed by atoms with Crippen LogP contribution in [0.5, 0.6) is 0 Å². The van der Waals surface area contributed by atoms with E-state index in [2.05, 4.69) is 28.0 Å². The average molecular weight is 303 g/mol. The predicted octanol–water partition coefficient (Wildman–Crippen LogP) is 2.51. The highest BCUT2D eigenvalue weighted by Gasteiger charge is 2.35. The van der Waals surface area contributed by atoms with Crippen LogP contribution in [0.15, 0.2) is 10.7 Å². The van der Waals surface area contributed by atoms with Gasteiger partial charge in [-0.05, 0) is 35.7 Å². The highest BCUT2D eigenvalue weighted by atomic mass is 79.9. The maximum Gasteiger partial charge on any atom is 0.102 e. The molecule has 3 unspecified atom stereocenters. The predicted molar refractivity (Wildman–Crippen MR) is 68.7 cm³/mol. The third-order valence-corrected chi connectivity index (χ3v) is 4.09. The van der Waals surface area contributed by atoms with Gasteiger partial charge in [-0.3, -0.25) is 4.68 Å². The van der Waals surface area contributed by atoms with Gasteiger partial charge in [-0.1, -0.05) is 6.92 Å². The molecular formula is C12H19BrN2O2. The molecule has 5 heteroatoms. The van der Waals surface area contributed by atoms with E-state index in [-0.39, 0.29) is 12.0 Å². The molecule has 96 valence electrons. The zero-order valence-corrected chi connectivity index (χ0v) is 11.9. The Kier molecular flexibility index (Phi) is 4.22. The summed E-state index contributed by atoms with van der Waals surface area (Å²) in [6, 6.07) is 0. The first-order chi connectivity index (χ1) is 8.19. The summed E-state index contributed by atoms with van der Waals surface area (Å²) >= 11 is 3.46. The number of ether oxygens (including phenoxy) is 1. The lowest BCUT2D eigenvalue weighted by Gasteiger charge is -2.23. The summed E-state index contributed by atoms with van der Waals surface area (Å²) in [6.07, 6.45) is 3.27. The zero-order valence-electron chi connectivity index (χ0n) is 10.3. The number of aliphatic hydroxyl groups is 1. The van der Waals surface area contributed by atoms with E-state index in [4.69, 9.17) is 4.74 Å². The molecule has 0 spiro atoms. The number of nitrogens with zero attached hydrogens (tertiary/aromatic N) is 2. The maximum atomic E-state index is 10.5. The van der Waals surface area contributed by atoms with Crippen molar-refractivity contribution in [1.29, 1.82) is 0 Å². The van der Waals surface area contributed by atoms with Gasteiger partial charge in [-0.2, -0.15) is 5.10 Å². The van der Waals surface area contributed by atoms with Crippen LogP contribution in [0.25, 0.3) is 0 Å². The molecule has 1 N–H and O–H groups in total. The van der Waals surface area contributed by atoms with Crippen LogP contribution in [0, 0.1) is 5.92 Å². The van der Waals surface area contributed by atoms with E-state index in [0.717, 1.165) is 36.2 Å². The fourth-order valence-electron chi connectivity index (χ4n) is 2.57. The Morgan fingerprint density at radius 2 is 2.41 bits per heavy atom. The lowest BCUT2D eigenvalue weighted by Crippen LogP contribution is -2.24. The Morgan fingerprint density at radius 3 is 3.06 bits per heavy atom. The van der Waals surface area contributed by atoms with Crippen LogP contribution in [0.2, 0.25) is 0 Å². The van der Waals surface area contributed by atoms with E-state index in [1.54, 1.807) is 6.20 Å². The van der Waals surface area contributed by atoms with E-state index < -0.39 is 6.10 Å². The van der Waals surface area contributed by atoms with E-state index in [9.17, 15) is 5.11 Å². The van der Waals surface area contributed by atoms with Crippen molar-refractivity contribution in [3.63, 3.8) is 0 Å². The van der Waals surface area contributed by atoms with Crippen molar-refractivity contribution in [3.8, 4) is 0 Å². The second kappa shape index (κ2) is 5.50. The Balaban J connectivity index is 2.23. The largest absolute Gasteiger partial charge is 0.386 e. The molecule has 17 heavy (non-hydrogen) atoms. The Hall–Kier alpha value is -0.390. The van der Waals surface area contributed by atoms with Gasteiger partial charge in [-0.15, -0.1) is 0 Å². The summed E-state index contributed by atoms with van der Waals surface area (Å²) in [5, 5.41) is 14.8. The normalized spacial score (nSPS) is 26.4. The zero-order chi connectivity index (χ0) is 12.4. The molecule has 4 nitrogen and oxygen atoms in total. The van der Waals surface area contributed by atoms with E-state index in [1.165, 1.54) is 0 Å². The molecule has 1 fully saturated rings. The summed E-state index contributed by atoms with van der Waals surface area (Å²) in [5.41, 5.74) is 0.876. The van der Waals surface area contributed by atoms with Gasteiger partial charge >= 0.3 is 0 Å². The molecule has 0 bridgehead atoms. The van der Waals surface area contributed by atoms with Crippen molar-refractivity contribution in [2.45, 2.75) is 45.4 Å². The fraction of sp³-hybridized carbons (Fsp3) is 0.750. The van der Waals surface area contributed by atoms with Crippen LogP contribution in [0.1, 0.15) is 38.5 Å². The Labute approximate surface area is 110 Å². The van der Waals surface area contributed by atoms with Gasteiger partial charge in [0, 0.05) is 19.1 Å². The average Bonchev–Trinajstić information content (AvgIpc) is 2.93. The van der Waals surface area contributed by atoms with Crippen LogP contribution in [-0.2, 0) is 11.3 Å². The van der Waals surface area contributed by atoms with E-state index in [0.29, 0.717) is 0 Å². The number of aliphatic hydroxyl groups excluding tert-OH is 1. The lowest BCUT2D eigenvalue weighted by molar-refractivity contribution is 0.0266. The van der Waals surface area contributed by atoms with Crippen LogP contribution < -0.4 is 0 Å². The molecule has 0 saturated carbocycles. The van der Waals surface area contributed by atoms with Crippen LogP contribution in [0.4, 0.5) is 0 Å². The molecule has 1 aliphatic rings. The molecule has 2 rings (SSSR count). The molecule has 1 aromatic rings. The Bertz CT molecular complexity index is 381. The third-order valence-electron chi connectivity index (χ3n) is 3.48. The monoisotopic (exact) mass is 302 g/mol. The topological polar surface area (TPSA) is 47.3 Å². The lowest BCUT2D eigenvalue weighted by atomic mass is 9.91. The molecule has 0 amide bonds. The van der Waals surface area contributed by atoms with Crippen molar-refractivity contribution < 1.29 is 9.84 Å². The van der Waals surface area contributed by atoms with Gasteiger partial charge < -0.3 is 9.84 Å². The van der Waals surface area contributed by atoms with Gasteiger partial charge in [0.1, 0.15) is 6.10 Å². The quantitative estimate of drug-likeness (QED) is 0.929. The van der Waals surface area contributed by atoms with E-state index in [1.807, 2.05) is 11.6 Å². The van der Waals surface area contributed by atoms with Crippen LogP contribution in [-0.4, -0.2) is 27.6 Å². The highest BCUT2D eigenvalue weighted by molar-refractivity contribution is 9.10. The number of halogens is 1. The maximum absolute atomic E-state index is 10.5. The summed E-state index contributed by atoms with van der Waals surface area (Å²) in [6.45, 7) is 5.64. The molecular weight excluding hydrogens is 284 g/mol. The summed E-state index contributed by atoms with van der Waals surface area (Å²) < 4.78 is 8.37. The third kappa shape index (κ3) is 2.41. The van der Waals surface area contributed by atoms with Gasteiger partial charge in [0.05, 0.1) is 22.5 Å². The number of rotatable bonds is 4. The van der Waals surface area contributed by atoms with Gasteiger partial charge in [-0.25, -0.2) is 0 Å². The molecule has 2 heterocycles.